The summed E-state index contributed by atoms with van der Waals surface area (Å²) in [6, 6.07) is 21.9. The highest BCUT2D eigenvalue weighted by Gasteiger charge is 2.22. The SMILES string of the molecule is COc1ccccc1CCN1CCN(SC(C)c2ccc3c(c2)Nc2ccc(C)cc2S3)CC1. The average Bonchev–Trinajstić information content (AvgIpc) is 2.87. The molecule has 0 aromatic heterocycles. The lowest BCUT2D eigenvalue weighted by molar-refractivity contribution is 0.197. The number of methoxy groups -OCH3 is 1. The van der Waals surface area contributed by atoms with E-state index in [9.17, 15) is 0 Å². The molecule has 1 atom stereocenters. The molecule has 1 saturated heterocycles. The summed E-state index contributed by atoms with van der Waals surface area (Å²) in [5, 5.41) is 4.08. The molecular formula is C28H33N3OS2. The molecule has 1 fully saturated rings. The molecule has 0 aliphatic carbocycles. The van der Waals surface area contributed by atoms with Crippen molar-refractivity contribution >= 4 is 35.1 Å². The minimum atomic E-state index is 0.427. The normalized spacial score (nSPS) is 16.9. The van der Waals surface area contributed by atoms with Crippen LogP contribution in [0.5, 0.6) is 5.75 Å². The van der Waals surface area contributed by atoms with Gasteiger partial charge in [-0.15, -0.1) is 0 Å². The first-order valence-electron chi connectivity index (χ1n) is 12.0. The number of nitrogens with zero attached hydrogens (tertiary/aromatic N) is 2. The second kappa shape index (κ2) is 10.6. The molecule has 2 aliphatic rings. The molecule has 6 heteroatoms. The van der Waals surface area contributed by atoms with E-state index < -0.39 is 0 Å². The maximum atomic E-state index is 5.51. The molecule has 3 aromatic carbocycles. The van der Waals surface area contributed by atoms with Crippen LogP contribution in [-0.2, 0) is 6.42 Å². The molecule has 178 valence electrons. The van der Waals surface area contributed by atoms with Gasteiger partial charge >= 0.3 is 0 Å². The highest BCUT2D eigenvalue weighted by Crippen LogP contribution is 2.46. The average molecular weight is 492 g/mol. The molecule has 2 aliphatic heterocycles. The molecule has 3 aromatic rings. The fraction of sp³-hybridized carbons (Fsp3) is 0.357. The zero-order valence-corrected chi connectivity index (χ0v) is 21.8. The number of para-hydroxylation sites is 1. The number of hydrogen-bond donors (Lipinski definition) is 1. The van der Waals surface area contributed by atoms with E-state index in [-0.39, 0.29) is 0 Å². The van der Waals surface area contributed by atoms with Crippen LogP contribution in [0.15, 0.2) is 70.5 Å². The summed E-state index contributed by atoms with van der Waals surface area (Å²) in [5.74, 6) is 1.00. The van der Waals surface area contributed by atoms with Gasteiger partial charge in [-0.2, -0.15) is 0 Å². The number of nitrogens with one attached hydrogen (secondary N) is 1. The second-order valence-electron chi connectivity index (χ2n) is 9.06. The number of rotatable bonds is 7. The van der Waals surface area contributed by atoms with E-state index in [0.29, 0.717) is 5.25 Å². The van der Waals surface area contributed by atoms with E-state index in [0.717, 1.165) is 44.9 Å². The molecule has 2 heterocycles. The lowest BCUT2D eigenvalue weighted by Crippen LogP contribution is -2.44. The van der Waals surface area contributed by atoms with Gasteiger partial charge in [-0.3, -0.25) is 0 Å². The third-order valence-electron chi connectivity index (χ3n) is 6.63. The summed E-state index contributed by atoms with van der Waals surface area (Å²) in [6.45, 7) is 10.0. The van der Waals surface area contributed by atoms with Crippen LogP contribution < -0.4 is 10.1 Å². The van der Waals surface area contributed by atoms with Crippen molar-refractivity contribution in [2.75, 3.05) is 45.2 Å². The number of piperazine rings is 1. The minimum Gasteiger partial charge on any atom is -0.496 e. The predicted octanol–water partition coefficient (Wildman–Crippen LogP) is 6.78. The summed E-state index contributed by atoms with van der Waals surface area (Å²) in [4.78, 5) is 5.20. The van der Waals surface area contributed by atoms with Gasteiger partial charge in [-0.25, -0.2) is 4.31 Å². The van der Waals surface area contributed by atoms with Crippen molar-refractivity contribution in [2.45, 2.75) is 35.3 Å². The van der Waals surface area contributed by atoms with Crippen molar-refractivity contribution in [2.24, 2.45) is 0 Å². The first-order chi connectivity index (χ1) is 16.6. The third-order valence-corrected chi connectivity index (χ3v) is 9.01. The smallest absolute Gasteiger partial charge is 0.122 e. The number of anilines is 2. The summed E-state index contributed by atoms with van der Waals surface area (Å²) < 4.78 is 8.05. The molecule has 0 amide bonds. The lowest BCUT2D eigenvalue weighted by atomic mass is 10.1. The Hall–Kier alpha value is -2.12. The summed E-state index contributed by atoms with van der Waals surface area (Å²) in [7, 11) is 1.76. The van der Waals surface area contributed by atoms with E-state index in [1.807, 2.05) is 29.8 Å². The Kier molecular flexibility index (Phi) is 7.40. The van der Waals surface area contributed by atoms with Gasteiger partial charge in [0.2, 0.25) is 0 Å². The Morgan fingerprint density at radius 1 is 0.971 bits per heavy atom. The van der Waals surface area contributed by atoms with Gasteiger partial charge in [-0.1, -0.05) is 54.0 Å². The zero-order chi connectivity index (χ0) is 23.5. The first-order valence-corrected chi connectivity index (χ1v) is 13.7. The zero-order valence-electron chi connectivity index (χ0n) is 20.2. The van der Waals surface area contributed by atoms with E-state index >= 15 is 0 Å². The largest absolute Gasteiger partial charge is 0.496 e. The number of hydrogen-bond acceptors (Lipinski definition) is 6. The highest BCUT2D eigenvalue weighted by atomic mass is 32.2. The van der Waals surface area contributed by atoms with Crippen molar-refractivity contribution in [3.63, 3.8) is 0 Å². The Bertz CT molecular complexity index is 1140. The molecular weight excluding hydrogens is 458 g/mol. The van der Waals surface area contributed by atoms with Crippen LogP contribution in [0.1, 0.15) is 28.9 Å². The Morgan fingerprint density at radius 2 is 1.79 bits per heavy atom. The first kappa shape index (κ1) is 23.6. The van der Waals surface area contributed by atoms with Gasteiger partial charge in [0, 0.05) is 47.8 Å². The van der Waals surface area contributed by atoms with Crippen molar-refractivity contribution in [1.82, 2.24) is 9.21 Å². The summed E-state index contributed by atoms with van der Waals surface area (Å²) >= 11 is 3.85. The van der Waals surface area contributed by atoms with Gasteiger partial charge in [0.25, 0.3) is 0 Å². The van der Waals surface area contributed by atoms with Gasteiger partial charge in [0.05, 0.1) is 18.5 Å². The third kappa shape index (κ3) is 5.41. The van der Waals surface area contributed by atoms with E-state index in [2.05, 4.69) is 83.0 Å². The van der Waals surface area contributed by atoms with Gasteiger partial charge in [0.15, 0.2) is 0 Å². The maximum Gasteiger partial charge on any atom is 0.122 e. The maximum absolute atomic E-state index is 5.51. The van der Waals surface area contributed by atoms with Gasteiger partial charge in [0.1, 0.15) is 5.75 Å². The molecule has 0 bridgehead atoms. The van der Waals surface area contributed by atoms with Crippen LogP contribution in [0, 0.1) is 6.92 Å². The summed E-state index contributed by atoms with van der Waals surface area (Å²) in [5.41, 5.74) is 6.42. The molecule has 1 N–H and O–H groups in total. The number of fused-ring (bicyclic) bond motifs is 2. The van der Waals surface area contributed by atoms with Crippen molar-refractivity contribution < 1.29 is 4.74 Å². The minimum absolute atomic E-state index is 0.427. The monoisotopic (exact) mass is 491 g/mol. The second-order valence-corrected chi connectivity index (χ2v) is 11.6. The van der Waals surface area contributed by atoms with Gasteiger partial charge in [-0.05, 0) is 67.3 Å². The highest BCUT2D eigenvalue weighted by molar-refractivity contribution is 7.99. The quantitative estimate of drug-likeness (QED) is 0.286. The molecule has 1 unspecified atom stereocenters. The predicted molar refractivity (Wildman–Crippen MR) is 146 cm³/mol. The molecule has 34 heavy (non-hydrogen) atoms. The Morgan fingerprint density at radius 3 is 2.62 bits per heavy atom. The van der Waals surface area contributed by atoms with E-state index in [1.165, 1.54) is 37.9 Å². The Labute approximate surface area is 212 Å². The molecule has 0 saturated carbocycles. The summed E-state index contributed by atoms with van der Waals surface area (Å²) in [6.07, 6.45) is 1.04. The lowest BCUT2D eigenvalue weighted by Gasteiger charge is -2.35. The number of benzene rings is 3. The van der Waals surface area contributed by atoms with Crippen molar-refractivity contribution in [3.05, 3.63) is 77.4 Å². The topological polar surface area (TPSA) is 27.7 Å². The number of ether oxygens (including phenoxy) is 1. The van der Waals surface area contributed by atoms with E-state index in [4.69, 9.17) is 4.74 Å². The molecule has 0 radical (unpaired) electrons. The fourth-order valence-electron chi connectivity index (χ4n) is 4.60. The van der Waals surface area contributed by atoms with Crippen LogP contribution >= 0.6 is 23.7 Å². The van der Waals surface area contributed by atoms with Crippen LogP contribution in [0.2, 0.25) is 0 Å². The van der Waals surface area contributed by atoms with Crippen LogP contribution in [-0.4, -0.2) is 49.0 Å². The number of aryl methyl sites for hydroxylation is 1. The Balaban J connectivity index is 1.13. The van der Waals surface area contributed by atoms with Crippen LogP contribution in [0.25, 0.3) is 0 Å². The van der Waals surface area contributed by atoms with Crippen LogP contribution in [0.4, 0.5) is 11.4 Å². The molecule has 5 rings (SSSR count). The molecule has 0 spiro atoms. The van der Waals surface area contributed by atoms with Crippen molar-refractivity contribution in [3.8, 4) is 5.75 Å². The van der Waals surface area contributed by atoms with E-state index in [1.54, 1.807) is 7.11 Å². The standard InChI is InChI=1S/C28H33N3OS2/c1-20-8-10-24-28(18-20)33-27-11-9-23(19-25(27)29-24)21(2)34-31-16-14-30(15-17-31)13-12-22-6-4-5-7-26(22)32-3/h4-11,18-19,21,29H,12-17H2,1-3H3. The van der Waals surface area contributed by atoms with Crippen LogP contribution in [0.3, 0.4) is 0 Å². The van der Waals surface area contributed by atoms with Crippen molar-refractivity contribution in [1.29, 1.82) is 0 Å². The fourth-order valence-corrected chi connectivity index (χ4v) is 6.76. The van der Waals surface area contributed by atoms with Gasteiger partial charge < -0.3 is 15.0 Å². The molecule has 4 nitrogen and oxygen atoms in total.